The monoisotopic (exact) mass is 347 g/mol. The van der Waals surface area contributed by atoms with Crippen LogP contribution in [-0.4, -0.2) is 31.7 Å². The van der Waals surface area contributed by atoms with Crippen molar-refractivity contribution in [3.8, 4) is 0 Å². The molecule has 0 spiro atoms. The van der Waals surface area contributed by atoms with Gasteiger partial charge in [-0.1, -0.05) is 58.8 Å². The van der Waals surface area contributed by atoms with Gasteiger partial charge >= 0.3 is 45.9 Å². The molecule has 0 fully saturated rings. The zero-order chi connectivity index (χ0) is 16.1. The molecule has 0 aliphatic heterocycles. The fourth-order valence-electron chi connectivity index (χ4n) is 1.92. The first-order chi connectivity index (χ1) is 9.90. The van der Waals surface area contributed by atoms with E-state index in [1.165, 1.54) is 32.1 Å². The first-order valence-corrected chi connectivity index (χ1v) is 9.09. The van der Waals surface area contributed by atoms with E-state index in [9.17, 15) is 13.2 Å². The van der Waals surface area contributed by atoms with Crippen molar-refractivity contribution in [1.29, 1.82) is 0 Å². The molecule has 1 unspecified atom stereocenters. The maximum Gasteiger partial charge on any atom is 1.00 e. The van der Waals surface area contributed by atoms with E-state index in [2.05, 4.69) is 11.1 Å². The Hall–Kier alpha value is 0.340. The predicted molar refractivity (Wildman–Crippen MR) is 80.3 cm³/mol. The number of carbonyl (C=O) groups is 1. The molecule has 0 bridgehead atoms. The Balaban J connectivity index is 0. The SMILES string of the molecule is CCCCCCCCCCOC(=O)C(CC)OS(=O)(=O)O.[Na+]. The van der Waals surface area contributed by atoms with Gasteiger partial charge in [-0.15, -0.1) is 0 Å². The second-order valence-electron chi connectivity index (χ2n) is 5.06. The molecule has 0 aromatic rings. The molecule has 0 radical (unpaired) electrons. The van der Waals surface area contributed by atoms with Gasteiger partial charge in [0.15, 0.2) is 6.10 Å². The molecule has 0 aromatic heterocycles. The van der Waals surface area contributed by atoms with Gasteiger partial charge in [0.25, 0.3) is 0 Å². The summed E-state index contributed by atoms with van der Waals surface area (Å²) >= 11 is 0. The van der Waals surface area contributed by atoms with Gasteiger partial charge in [0.1, 0.15) is 0 Å². The van der Waals surface area contributed by atoms with Crippen molar-refractivity contribution in [1.82, 2.24) is 0 Å². The molecule has 0 amide bonds. The maximum atomic E-state index is 11.5. The first-order valence-electron chi connectivity index (χ1n) is 7.73. The van der Waals surface area contributed by atoms with Crippen molar-refractivity contribution in [3.05, 3.63) is 0 Å². The van der Waals surface area contributed by atoms with Gasteiger partial charge in [-0.05, 0) is 12.8 Å². The molecule has 6 nitrogen and oxygen atoms in total. The molecule has 0 saturated carbocycles. The Morgan fingerprint density at radius 1 is 1.00 bits per heavy atom. The van der Waals surface area contributed by atoms with Crippen molar-refractivity contribution < 1.29 is 56.2 Å². The average molecular weight is 347 g/mol. The second-order valence-corrected chi connectivity index (χ2v) is 6.11. The van der Waals surface area contributed by atoms with E-state index < -0.39 is 22.5 Å². The van der Waals surface area contributed by atoms with Gasteiger partial charge in [0, 0.05) is 0 Å². The van der Waals surface area contributed by atoms with Crippen LogP contribution >= 0.6 is 0 Å². The van der Waals surface area contributed by atoms with Crippen LogP contribution in [0.2, 0.25) is 0 Å². The molecule has 0 aliphatic carbocycles. The summed E-state index contributed by atoms with van der Waals surface area (Å²) in [7, 11) is -4.63. The quantitative estimate of drug-likeness (QED) is 0.223. The van der Waals surface area contributed by atoms with Gasteiger partial charge in [0.05, 0.1) is 6.61 Å². The third-order valence-corrected chi connectivity index (χ3v) is 3.59. The summed E-state index contributed by atoms with van der Waals surface area (Å²) in [6.07, 6.45) is 7.92. The summed E-state index contributed by atoms with van der Waals surface area (Å²) in [5.74, 6) is -0.752. The van der Waals surface area contributed by atoms with Crippen LogP contribution < -0.4 is 29.6 Å². The fourth-order valence-corrected chi connectivity index (χ4v) is 2.43. The van der Waals surface area contributed by atoms with Crippen LogP contribution in [0, 0.1) is 0 Å². The normalized spacial score (nSPS) is 12.5. The van der Waals surface area contributed by atoms with E-state index in [0.717, 1.165) is 19.3 Å². The molecule has 1 N–H and O–H groups in total. The minimum atomic E-state index is -4.63. The Kier molecular flexibility index (Phi) is 16.7. The predicted octanol–water partition coefficient (Wildman–Crippen LogP) is 0.272. The molecule has 0 rings (SSSR count). The number of unbranched alkanes of at least 4 members (excludes halogenated alkanes) is 7. The van der Waals surface area contributed by atoms with E-state index in [4.69, 9.17) is 9.29 Å². The number of esters is 1. The van der Waals surface area contributed by atoms with Crippen LogP contribution in [0.25, 0.3) is 0 Å². The van der Waals surface area contributed by atoms with Crippen molar-refractivity contribution in [2.75, 3.05) is 6.61 Å². The summed E-state index contributed by atoms with van der Waals surface area (Å²) in [5, 5.41) is 0. The molecule has 0 aliphatic rings. The summed E-state index contributed by atoms with van der Waals surface area (Å²) < 4.78 is 38.8. The number of carbonyl (C=O) groups excluding carboxylic acids is 1. The minimum absolute atomic E-state index is 0. The van der Waals surface area contributed by atoms with Crippen LogP contribution in [0.5, 0.6) is 0 Å². The Morgan fingerprint density at radius 2 is 1.50 bits per heavy atom. The first kappa shape index (κ1) is 24.6. The van der Waals surface area contributed by atoms with Crippen molar-refractivity contribution in [2.24, 2.45) is 0 Å². The third-order valence-electron chi connectivity index (χ3n) is 3.11. The summed E-state index contributed by atoms with van der Waals surface area (Å²) in [6, 6.07) is 0. The van der Waals surface area contributed by atoms with E-state index in [-0.39, 0.29) is 42.6 Å². The topological polar surface area (TPSA) is 89.9 Å². The van der Waals surface area contributed by atoms with Crippen LogP contribution in [-0.2, 0) is 24.1 Å². The van der Waals surface area contributed by atoms with Gasteiger partial charge in [0.2, 0.25) is 0 Å². The van der Waals surface area contributed by atoms with E-state index >= 15 is 0 Å². The smallest absolute Gasteiger partial charge is 0.464 e. The molecule has 8 heteroatoms. The Labute approximate surface area is 156 Å². The molecule has 1 atom stereocenters. The van der Waals surface area contributed by atoms with Gasteiger partial charge in [-0.25, -0.2) is 8.98 Å². The standard InChI is InChI=1S/C14H28O6S.Na/c1-3-5-6-7-8-9-10-11-12-19-14(15)13(4-2)20-21(16,17)18;/h13H,3-12H2,1-2H3,(H,16,17,18);/q;+1. The minimum Gasteiger partial charge on any atom is -0.464 e. The van der Waals surface area contributed by atoms with E-state index in [1.807, 2.05) is 0 Å². The van der Waals surface area contributed by atoms with Crippen molar-refractivity contribution >= 4 is 16.4 Å². The molecule has 0 heterocycles. The molecule has 0 aromatic carbocycles. The van der Waals surface area contributed by atoms with Gasteiger partial charge < -0.3 is 4.74 Å². The maximum absolute atomic E-state index is 11.5. The van der Waals surface area contributed by atoms with E-state index in [0.29, 0.717) is 0 Å². The molecule has 126 valence electrons. The largest absolute Gasteiger partial charge is 1.00 e. The Morgan fingerprint density at radius 3 is 1.95 bits per heavy atom. The zero-order valence-corrected chi connectivity index (χ0v) is 16.9. The fraction of sp³-hybridized carbons (Fsp3) is 0.929. The molecular formula is C14H28NaO6S+. The summed E-state index contributed by atoms with van der Waals surface area (Å²) in [4.78, 5) is 11.5. The van der Waals surface area contributed by atoms with Gasteiger partial charge in [-0.3, -0.25) is 4.55 Å². The van der Waals surface area contributed by atoms with E-state index in [1.54, 1.807) is 6.92 Å². The average Bonchev–Trinajstić information content (AvgIpc) is 2.41. The van der Waals surface area contributed by atoms with Crippen LogP contribution in [0.15, 0.2) is 0 Å². The van der Waals surface area contributed by atoms with Crippen molar-refractivity contribution in [3.63, 3.8) is 0 Å². The third kappa shape index (κ3) is 15.2. The molecular weight excluding hydrogens is 319 g/mol. The summed E-state index contributed by atoms with van der Waals surface area (Å²) in [6.45, 7) is 4.01. The van der Waals surface area contributed by atoms with Crippen LogP contribution in [0.4, 0.5) is 0 Å². The molecule has 0 saturated heterocycles. The van der Waals surface area contributed by atoms with Crippen LogP contribution in [0.3, 0.4) is 0 Å². The number of ether oxygens (including phenoxy) is 1. The second kappa shape index (κ2) is 14.9. The number of hydrogen-bond acceptors (Lipinski definition) is 5. The van der Waals surface area contributed by atoms with Gasteiger partial charge in [-0.2, -0.15) is 8.42 Å². The van der Waals surface area contributed by atoms with Crippen LogP contribution in [0.1, 0.15) is 71.6 Å². The number of hydrogen-bond donors (Lipinski definition) is 1. The van der Waals surface area contributed by atoms with Crippen molar-refractivity contribution in [2.45, 2.75) is 77.7 Å². The number of rotatable bonds is 13. The summed E-state index contributed by atoms with van der Waals surface area (Å²) in [5.41, 5.74) is 0. The molecule has 22 heavy (non-hydrogen) atoms. The zero-order valence-electron chi connectivity index (χ0n) is 14.0. The Bertz CT molecular complexity index is 372.